The Bertz CT molecular complexity index is 1250. The second-order valence-electron chi connectivity index (χ2n) is 8.49. The Morgan fingerprint density at radius 2 is 1.80 bits per heavy atom. The Labute approximate surface area is 179 Å². The van der Waals surface area contributed by atoms with Crippen LogP contribution in [0, 0.1) is 13.8 Å². The molecule has 7 heteroatoms. The maximum absolute atomic E-state index is 13.2. The first kappa shape index (κ1) is 20.3. The summed E-state index contributed by atoms with van der Waals surface area (Å²) >= 11 is 1.53. The number of thioether (sulfide) groups is 1. The third-order valence-electron chi connectivity index (χ3n) is 5.27. The minimum Gasteiger partial charge on any atom is -0.268 e. The third-order valence-corrected chi connectivity index (χ3v) is 6.23. The van der Waals surface area contributed by atoms with Gasteiger partial charge < -0.3 is 0 Å². The largest absolute Gasteiger partial charge is 0.269 e. The fourth-order valence-electron chi connectivity index (χ4n) is 3.49. The highest BCUT2D eigenvalue weighted by molar-refractivity contribution is 7.98. The van der Waals surface area contributed by atoms with Gasteiger partial charge in [-0.1, -0.05) is 56.8 Å². The zero-order valence-corrected chi connectivity index (χ0v) is 18.7. The summed E-state index contributed by atoms with van der Waals surface area (Å²) in [6.45, 7) is 11.0. The van der Waals surface area contributed by atoms with E-state index in [0.717, 1.165) is 0 Å². The van der Waals surface area contributed by atoms with Crippen LogP contribution in [0.5, 0.6) is 0 Å². The van der Waals surface area contributed by atoms with Crippen LogP contribution in [0.3, 0.4) is 0 Å². The standard InChI is InChI=1S/C23H25N5OS/c1-14-10-16(23(3,4)5)11-15(2)18(14)12-30-22-26-19-9-7-6-8-17(19)20(29)28(22)21-24-13-25-27-21/h6-11,13H,12H2,1-5H3,(H,24,25,27). The zero-order chi connectivity index (χ0) is 21.5. The summed E-state index contributed by atoms with van der Waals surface area (Å²) in [5.74, 6) is 1.08. The molecule has 0 aliphatic carbocycles. The van der Waals surface area contributed by atoms with Gasteiger partial charge in [0.05, 0.1) is 10.9 Å². The molecule has 4 aromatic rings. The average Bonchev–Trinajstić information content (AvgIpc) is 3.21. The molecular formula is C23H25N5OS. The number of rotatable bonds is 4. The van der Waals surface area contributed by atoms with Gasteiger partial charge in [0.25, 0.3) is 5.56 Å². The van der Waals surface area contributed by atoms with E-state index >= 15 is 0 Å². The van der Waals surface area contributed by atoms with Crippen LogP contribution >= 0.6 is 11.8 Å². The van der Waals surface area contributed by atoms with E-state index in [1.54, 1.807) is 6.07 Å². The Kier molecular flexibility index (Phi) is 5.24. The van der Waals surface area contributed by atoms with Crippen molar-refractivity contribution in [1.29, 1.82) is 0 Å². The Balaban J connectivity index is 1.77. The van der Waals surface area contributed by atoms with Crippen LogP contribution in [-0.4, -0.2) is 24.7 Å². The number of aromatic nitrogens is 5. The Morgan fingerprint density at radius 3 is 2.43 bits per heavy atom. The quantitative estimate of drug-likeness (QED) is 0.383. The number of hydrogen-bond acceptors (Lipinski definition) is 5. The van der Waals surface area contributed by atoms with Crippen molar-refractivity contribution in [3.8, 4) is 5.95 Å². The van der Waals surface area contributed by atoms with Gasteiger partial charge in [-0.05, 0) is 53.6 Å². The minimum absolute atomic E-state index is 0.105. The second kappa shape index (κ2) is 7.72. The molecule has 0 aliphatic heterocycles. The highest BCUT2D eigenvalue weighted by atomic mass is 32.2. The fourth-order valence-corrected chi connectivity index (χ4v) is 4.68. The molecule has 0 bridgehead atoms. The van der Waals surface area contributed by atoms with Crippen molar-refractivity contribution in [3.05, 3.63) is 75.3 Å². The zero-order valence-electron chi connectivity index (χ0n) is 17.9. The van der Waals surface area contributed by atoms with Crippen molar-refractivity contribution in [2.45, 2.75) is 50.9 Å². The maximum Gasteiger partial charge on any atom is 0.269 e. The smallest absolute Gasteiger partial charge is 0.268 e. The Morgan fingerprint density at radius 1 is 1.10 bits per heavy atom. The van der Waals surface area contributed by atoms with Gasteiger partial charge in [0, 0.05) is 5.75 Å². The van der Waals surface area contributed by atoms with Crippen LogP contribution in [0.4, 0.5) is 0 Å². The number of H-pyrrole nitrogens is 1. The minimum atomic E-state index is -0.156. The van der Waals surface area contributed by atoms with Crippen molar-refractivity contribution in [1.82, 2.24) is 24.7 Å². The normalized spacial score (nSPS) is 11.9. The van der Waals surface area contributed by atoms with Crippen LogP contribution in [0.25, 0.3) is 16.9 Å². The molecule has 0 amide bonds. The van der Waals surface area contributed by atoms with E-state index in [1.807, 2.05) is 18.2 Å². The lowest BCUT2D eigenvalue weighted by molar-refractivity contribution is 0.589. The predicted octanol–water partition coefficient (Wildman–Crippen LogP) is 4.71. The molecule has 0 spiro atoms. The summed E-state index contributed by atoms with van der Waals surface area (Å²) in [4.78, 5) is 22.1. The van der Waals surface area contributed by atoms with Crippen LogP contribution in [0.15, 0.2) is 52.7 Å². The summed E-state index contributed by atoms with van der Waals surface area (Å²) in [6, 6.07) is 11.9. The van der Waals surface area contributed by atoms with Gasteiger partial charge in [-0.25, -0.2) is 14.6 Å². The molecule has 0 atom stereocenters. The summed E-state index contributed by atoms with van der Waals surface area (Å²) in [6.07, 6.45) is 1.39. The number of aromatic amines is 1. The first-order chi connectivity index (χ1) is 14.3. The highest BCUT2D eigenvalue weighted by Gasteiger charge is 2.18. The molecule has 0 fully saturated rings. The van der Waals surface area contributed by atoms with Crippen molar-refractivity contribution in [2.24, 2.45) is 0 Å². The number of nitrogens with one attached hydrogen (secondary N) is 1. The topological polar surface area (TPSA) is 76.5 Å². The predicted molar refractivity (Wildman–Crippen MR) is 121 cm³/mol. The summed E-state index contributed by atoms with van der Waals surface area (Å²) in [5.41, 5.74) is 5.72. The van der Waals surface area contributed by atoms with Gasteiger partial charge in [0.15, 0.2) is 5.16 Å². The maximum atomic E-state index is 13.2. The molecule has 2 heterocycles. The van der Waals surface area contributed by atoms with E-state index in [9.17, 15) is 4.79 Å². The lowest BCUT2D eigenvalue weighted by atomic mass is 9.84. The van der Waals surface area contributed by atoms with Crippen LogP contribution < -0.4 is 5.56 Å². The molecule has 0 radical (unpaired) electrons. The number of aryl methyl sites for hydroxylation is 2. The lowest BCUT2D eigenvalue weighted by Crippen LogP contribution is -2.23. The number of fused-ring (bicyclic) bond motifs is 1. The summed E-state index contributed by atoms with van der Waals surface area (Å²) < 4.78 is 1.51. The van der Waals surface area contributed by atoms with Gasteiger partial charge in [0.2, 0.25) is 5.95 Å². The van der Waals surface area contributed by atoms with Crippen LogP contribution in [0.2, 0.25) is 0 Å². The SMILES string of the molecule is Cc1cc(C(C)(C)C)cc(C)c1CSc1nc2ccccc2c(=O)n1-c1ncn[nH]1. The second-order valence-corrected chi connectivity index (χ2v) is 9.43. The molecule has 6 nitrogen and oxygen atoms in total. The lowest BCUT2D eigenvalue weighted by Gasteiger charge is -2.22. The van der Waals surface area contributed by atoms with E-state index < -0.39 is 0 Å². The van der Waals surface area contributed by atoms with Gasteiger partial charge in [0.1, 0.15) is 6.33 Å². The first-order valence-electron chi connectivity index (χ1n) is 9.86. The number of para-hydroxylation sites is 1. The van der Waals surface area contributed by atoms with E-state index in [1.165, 1.54) is 44.9 Å². The van der Waals surface area contributed by atoms with Gasteiger partial charge in [-0.2, -0.15) is 10.1 Å². The van der Waals surface area contributed by atoms with E-state index in [0.29, 0.717) is 27.8 Å². The summed E-state index contributed by atoms with van der Waals surface area (Å²) in [5, 5.41) is 7.85. The fraction of sp³-hybridized carbons (Fsp3) is 0.304. The van der Waals surface area contributed by atoms with E-state index in [2.05, 4.69) is 61.9 Å². The number of benzene rings is 2. The third kappa shape index (κ3) is 3.77. The first-order valence-corrected chi connectivity index (χ1v) is 10.8. The molecule has 0 saturated carbocycles. The number of nitrogens with zero attached hydrogens (tertiary/aromatic N) is 4. The molecule has 2 aromatic heterocycles. The van der Waals surface area contributed by atoms with Gasteiger partial charge in [-0.15, -0.1) is 0 Å². The van der Waals surface area contributed by atoms with Gasteiger partial charge in [-0.3, -0.25) is 4.79 Å². The van der Waals surface area contributed by atoms with Crippen LogP contribution in [-0.2, 0) is 11.2 Å². The number of hydrogen-bond donors (Lipinski definition) is 1. The van der Waals surface area contributed by atoms with E-state index in [-0.39, 0.29) is 11.0 Å². The van der Waals surface area contributed by atoms with Crippen molar-refractivity contribution in [3.63, 3.8) is 0 Å². The monoisotopic (exact) mass is 419 g/mol. The molecule has 0 unspecified atom stereocenters. The highest BCUT2D eigenvalue weighted by Crippen LogP contribution is 2.31. The van der Waals surface area contributed by atoms with Crippen LogP contribution in [0.1, 0.15) is 43.0 Å². The van der Waals surface area contributed by atoms with Crippen molar-refractivity contribution < 1.29 is 0 Å². The average molecular weight is 420 g/mol. The molecular weight excluding hydrogens is 394 g/mol. The molecule has 4 rings (SSSR count). The molecule has 154 valence electrons. The van der Waals surface area contributed by atoms with Gasteiger partial charge >= 0.3 is 0 Å². The van der Waals surface area contributed by atoms with E-state index in [4.69, 9.17) is 4.98 Å². The summed E-state index contributed by atoms with van der Waals surface area (Å²) in [7, 11) is 0. The van der Waals surface area contributed by atoms with Crippen molar-refractivity contribution >= 4 is 22.7 Å². The molecule has 0 saturated heterocycles. The van der Waals surface area contributed by atoms with Crippen molar-refractivity contribution in [2.75, 3.05) is 0 Å². The molecule has 2 aromatic carbocycles. The molecule has 30 heavy (non-hydrogen) atoms. The Hall–Kier alpha value is -2.93. The molecule has 1 N–H and O–H groups in total. The molecule has 0 aliphatic rings.